The summed E-state index contributed by atoms with van der Waals surface area (Å²) in [5.41, 5.74) is 3.45. The third kappa shape index (κ3) is 3.61. The lowest BCUT2D eigenvalue weighted by Gasteiger charge is -2.26. The van der Waals surface area contributed by atoms with Crippen LogP contribution in [0.3, 0.4) is 0 Å². The number of rotatable bonds is 3. The average molecular weight is 298 g/mol. The molecule has 0 bridgehead atoms. The van der Waals surface area contributed by atoms with Crippen LogP contribution in [0.15, 0.2) is 29.8 Å². The Labute approximate surface area is 122 Å². The van der Waals surface area contributed by atoms with Crippen LogP contribution in [-0.2, 0) is 11.0 Å². The van der Waals surface area contributed by atoms with Crippen molar-refractivity contribution < 1.29 is 4.21 Å². The first-order valence-electron chi connectivity index (χ1n) is 6.54. The number of allylic oxidation sites excluding steroid dienone is 1. The van der Waals surface area contributed by atoms with Crippen LogP contribution >= 0.6 is 11.6 Å². The highest BCUT2D eigenvalue weighted by molar-refractivity contribution is 7.84. The molecular weight excluding hydrogens is 278 g/mol. The van der Waals surface area contributed by atoms with Crippen molar-refractivity contribution in [2.75, 3.05) is 0 Å². The molecule has 1 aliphatic carbocycles. The molecule has 4 heteroatoms. The van der Waals surface area contributed by atoms with E-state index in [1.807, 2.05) is 45.0 Å². The van der Waals surface area contributed by atoms with Gasteiger partial charge in [0.15, 0.2) is 0 Å². The summed E-state index contributed by atoms with van der Waals surface area (Å²) in [6.45, 7) is 5.92. The van der Waals surface area contributed by atoms with Gasteiger partial charge in [-0.1, -0.05) is 23.7 Å². The Morgan fingerprint density at radius 1 is 1.21 bits per heavy atom. The Balaban J connectivity index is 2.28. The Kier molecular flexibility index (Phi) is 4.36. The van der Waals surface area contributed by atoms with Gasteiger partial charge in [0.05, 0.1) is 10.4 Å². The summed E-state index contributed by atoms with van der Waals surface area (Å²) in [7, 11) is -1.10. The molecule has 1 fully saturated rings. The van der Waals surface area contributed by atoms with E-state index in [-0.39, 0.29) is 4.75 Å². The zero-order chi connectivity index (χ0) is 14.0. The van der Waals surface area contributed by atoms with Gasteiger partial charge in [-0.3, -0.25) is 0 Å². The molecule has 1 saturated carbocycles. The summed E-state index contributed by atoms with van der Waals surface area (Å²) in [4.78, 5) is 0. The maximum absolute atomic E-state index is 12.3. The molecule has 0 saturated heterocycles. The number of halogens is 1. The van der Waals surface area contributed by atoms with E-state index in [2.05, 4.69) is 4.72 Å². The molecule has 0 unspecified atom stereocenters. The summed E-state index contributed by atoms with van der Waals surface area (Å²) in [5, 5.41) is 0.721. The van der Waals surface area contributed by atoms with Gasteiger partial charge in [0, 0.05) is 5.02 Å². The van der Waals surface area contributed by atoms with E-state index in [0.29, 0.717) is 0 Å². The van der Waals surface area contributed by atoms with Crippen LogP contribution in [0.1, 0.15) is 45.6 Å². The number of hydrogen-bond acceptors (Lipinski definition) is 1. The van der Waals surface area contributed by atoms with Gasteiger partial charge in [-0.15, -0.1) is 0 Å². The molecule has 1 N–H and O–H groups in total. The maximum atomic E-state index is 12.3. The van der Waals surface area contributed by atoms with Crippen molar-refractivity contribution in [3.05, 3.63) is 40.4 Å². The molecule has 0 aliphatic heterocycles. The fourth-order valence-corrected chi connectivity index (χ4v) is 2.68. The molecule has 1 aromatic rings. The van der Waals surface area contributed by atoms with Crippen LogP contribution in [-0.4, -0.2) is 8.96 Å². The second kappa shape index (κ2) is 5.68. The van der Waals surface area contributed by atoms with Crippen molar-refractivity contribution in [2.24, 2.45) is 0 Å². The number of hydrogen-bond donors (Lipinski definition) is 1. The van der Waals surface area contributed by atoms with E-state index in [0.717, 1.165) is 29.1 Å². The summed E-state index contributed by atoms with van der Waals surface area (Å²) < 4.78 is 15.2. The van der Waals surface area contributed by atoms with Gasteiger partial charge >= 0.3 is 0 Å². The van der Waals surface area contributed by atoms with E-state index in [9.17, 15) is 4.21 Å². The second-order valence-corrected chi connectivity index (χ2v) is 8.22. The van der Waals surface area contributed by atoms with E-state index in [1.54, 1.807) is 0 Å². The highest BCUT2D eigenvalue weighted by Gasteiger charge is 2.23. The molecule has 2 nitrogen and oxygen atoms in total. The zero-order valence-electron chi connectivity index (χ0n) is 11.6. The molecule has 1 aromatic carbocycles. The Bertz CT molecular complexity index is 508. The fourth-order valence-electron chi connectivity index (χ4n) is 1.80. The van der Waals surface area contributed by atoms with E-state index < -0.39 is 11.0 Å². The monoisotopic (exact) mass is 297 g/mol. The molecule has 19 heavy (non-hydrogen) atoms. The van der Waals surface area contributed by atoms with Gasteiger partial charge in [-0.2, -0.15) is 0 Å². The maximum Gasteiger partial charge on any atom is 0.122 e. The zero-order valence-corrected chi connectivity index (χ0v) is 13.2. The van der Waals surface area contributed by atoms with Crippen molar-refractivity contribution in [3.63, 3.8) is 0 Å². The minimum Gasteiger partial charge on any atom is -0.304 e. The van der Waals surface area contributed by atoms with Gasteiger partial charge in [0.1, 0.15) is 11.0 Å². The molecule has 1 aliphatic rings. The first-order valence-corrected chi connectivity index (χ1v) is 8.07. The van der Waals surface area contributed by atoms with Crippen LogP contribution in [0.2, 0.25) is 5.02 Å². The number of benzene rings is 1. The van der Waals surface area contributed by atoms with Crippen LogP contribution in [0.4, 0.5) is 0 Å². The highest BCUT2D eigenvalue weighted by atomic mass is 35.5. The summed E-state index contributed by atoms with van der Waals surface area (Å²) in [6, 6.07) is 7.71. The quantitative estimate of drug-likeness (QED) is 0.886. The smallest absolute Gasteiger partial charge is 0.122 e. The third-order valence-electron chi connectivity index (χ3n) is 3.19. The predicted octanol–water partition coefficient (Wildman–Crippen LogP) is 4.29. The molecule has 0 heterocycles. The first kappa shape index (κ1) is 14.6. The molecule has 0 aromatic heterocycles. The van der Waals surface area contributed by atoms with Crippen molar-refractivity contribution in [2.45, 2.75) is 44.8 Å². The van der Waals surface area contributed by atoms with E-state index in [1.165, 1.54) is 12.0 Å². The fraction of sp³-hybridized carbons (Fsp3) is 0.467. The van der Waals surface area contributed by atoms with Crippen molar-refractivity contribution >= 4 is 28.3 Å². The van der Waals surface area contributed by atoms with Crippen LogP contribution in [0, 0.1) is 0 Å². The molecule has 0 amide bonds. The topological polar surface area (TPSA) is 29.1 Å². The lowest BCUT2D eigenvalue weighted by molar-refractivity contribution is 0.640. The van der Waals surface area contributed by atoms with E-state index >= 15 is 0 Å². The summed E-state index contributed by atoms with van der Waals surface area (Å²) in [5.74, 6) is 0. The summed E-state index contributed by atoms with van der Waals surface area (Å²) >= 11 is 5.93. The number of nitrogens with one attached hydrogen (secondary N) is 1. The van der Waals surface area contributed by atoms with Crippen LogP contribution in [0.5, 0.6) is 0 Å². The van der Waals surface area contributed by atoms with Crippen molar-refractivity contribution in [1.29, 1.82) is 0 Å². The lowest BCUT2D eigenvalue weighted by Crippen LogP contribution is -2.33. The largest absolute Gasteiger partial charge is 0.304 e. The van der Waals surface area contributed by atoms with Gasteiger partial charge in [-0.05, 0) is 63.3 Å². The third-order valence-corrected chi connectivity index (χ3v) is 4.95. The van der Waals surface area contributed by atoms with Crippen LogP contribution in [0.25, 0.3) is 5.70 Å². The molecule has 1 atom stereocenters. The highest BCUT2D eigenvalue weighted by Crippen LogP contribution is 2.33. The van der Waals surface area contributed by atoms with Gasteiger partial charge < -0.3 is 4.72 Å². The summed E-state index contributed by atoms with van der Waals surface area (Å²) in [6.07, 6.45) is 3.40. The van der Waals surface area contributed by atoms with Gasteiger partial charge in [0.25, 0.3) is 0 Å². The lowest BCUT2D eigenvalue weighted by atomic mass is 9.89. The van der Waals surface area contributed by atoms with Gasteiger partial charge in [-0.25, -0.2) is 4.21 Å². The second-order valence-electron chi connectivity index (χ2n) is 5.82. The molecule has 2 rings (SSSR count). The average Bonchev–Trinajstić information content (AvgIpc) is 2.25. The standard InChI is InChI=1S/C15H20ClNOS/c1-15(2,3)19(18)17-14(11-5-4-6-11)12-7-9-13(16)10-8-12/h7-10,17H,4-6H2,1-3H3/t19-/m0/s1. The Morgan fingerprint density at radius 2 is 1.79 bits per heavy atom. The normalized spacial score (nSPS) is 16.7. The SMILES string of the molecule is CC(C)(C)[S@](=O)NC(=C1CCC1)c1ccc(Cl)cc1. The van der Waals surface area contributed by atoms with Crippen molar-refractivity contribution in [3.8, 4) is 0 Å². The molecule has 104 valence electrons. The van der Waals surface area contributed by atoms with Crippen LogP contribution < -0.4 is 4.72 Å². The first-order chi connectivity index (χ1) is 8.88. The molecule has 0 radical (unpaired) electrons. The Morgan fingerprint density at radius 3 is 2.21 bits per heavy atom. The Hall–Kier alpha value is -0.800. The molecular formula is C15H20ClNOS. The van der Waals surface area contributed by atoms with Gasteiger partial charge in [0.2, 0.25) is 0 Å². The van der Waals surface area contributed by atoms with E-state index in [4.69, 9.17) is 11.6 Å². The predicted molar refractivity (Wildman–Crippen MR) is 83.3 cm³/mol. The minimum absolute atomic E-state index is 0.276. The van der Waals surface area contributed by atoms with Crippen molar-refractivity contribution in [1.82, 2.24) is 4.72 Å². The molecule has 0 spiro atoms. The minimum atomic E-state index is -1.10.